The van der Waals surface area contributed by atoms with E-state index < -0.39 is 19.7 Å². The molecule has 2 aliphatic rings. The van der Waals surface area contributed by atoms with Crippen LogP contribution in [0.25, 0.3) is 0 Å². The summed E-state index contributed by atoms with van der Waals surface area (Å²) < 4.78 is 31.7. The van der Waals surface area contributed by atoms with Gasteiger partial charge in [-0.25, -0.2) is 0 Å². The van der Waals surface area contributed by atoms with Crippen LogP contribution in [0.2, 0.25) is 5.04 Å². The minimum Gasteiger partial charge on any atom is -0.466 e. The standard InChI is InChI=1S/C32H46O6Si/c1-7-34-29(33)21-25-15-14-20-32(38-25,22-26-23-35-31(5,6)37-26)24-36-39(30(2,3)4,27-16-10-8-11-17-27)28-18-12-9-13-19-28/h8-13,16-19,25-26H,7,14-15,20-24H2,1-6H3/t25?,26-,32+/m1/s1. The minimum absolute atomic E-state index is 0.107. The molecule has 0 bridgehead atoms. The van der Waals surface area contributed by atoms with E-state index in [1.165, 1.54) is 10.4 Å². The van der Waals surface area contributed by atoms with Gasteiger partial charge in [-0.2, -0.15) is 0 Å². The lowest BCUT2D eigenvalue weighted by Gasteiger charge is -2.48. The number of ether oxygens (including phenoxy) is 4. The fourth-order valence-electron chi connectivity index (χ4n) is 6.27. The van der Waals surface area contributed by atoms with E-state index in [-0.39, 0.29) is 29.6 Å². The lowest BCUT2D eigenvalue weighted by Crippen LogP contribution is -2.68. The molecule has 214 valence electrons. The van der Waals surface area contributed by atoms with E-state index in [1.54, 1.807) is 0 Å². The molecule has 6 nitrogen and oxygen atoms in total. The van der Waals surface area contributed by atoms with E-state index >= 15 is 0 Å². The van der Waals surface area contributed by atoms with Crippen molar-refractivity contribution >= 4 is 24.7 Å². The Balaban J connectivity index is 1.70. The number of carbonyl (C=O) groups is 1. The maximum atomic E-state index is 12.4. The maximum Gasteiger partial charge on any atom is 0.308 e. The van der Waals surface area contributed by atoms with Crippen LogP contribution in [0, 0.1) is 0 Å². The molecule has 2 saturated heterocycles. The second kappa shape index (κ2) is 12.2. The molecule has 2 aliphatic heterocycles. The second-order valence-electron chi connectivity index (χ2n) is 12.4. The first kappa shape index (κ1) is 29.9. The zero-order valence-electron chi connectivity index (χ0n) is 24.5. The average Bonchev–Trinajstić information content (AvgIpc) is 3.22. The van der Waals surface area contributed by atoms with Crippen molar-refractivity contribution in [3.63, 3.8) is 0 Å². The topological polar surface area (TPSA) is 63.2 Å². The van der Waals surface area contributed by atoms with Crippen molar-refractivity contribution in [1.82, 2.24) is 0 Å². The lowest BCUT2D eigenvalue weighted by atomic mass is 9.86. The molecule has 0 aliphatic carbocycles. The molecule has 39 heavy (non-hydrogen) atoms. The van der Waals surface area contributed by atoms with Gasteiger partial charge in [0.2, 0.25) is 0 Å². The summed E-state index contributed by atoms with van der Waals surface area (Å²) >= 11 is 0. The summed E-state index contributed by atoms with van der Waals surface area (Å²) in [6.45, 7) is 13.9. The molecule has 2 aromatic carbocycles. The fraction of sp³-hybridized carbons (Fsp3) is 0.594. The van der Waals surface area contributed by atoms with Gasteiger partial charge >= 0.3 is 5.97 Å². The molecule has 0 spiro atoms. The van der Waals surface area contributed by atoms with E-state index in [0.717, 1.165) is 19.3 Å². The van der Waals surface area contributed by atoms with Crippen molar-refractivity contribution in [2.24, 2.45) is 0 Å². The first-order valence-electron chi connectivity index (χ1n) is 14.4. The third-order valence-corrected chi connectivity index (χ3v) is 12.9. The molecule has 0 saturated carbocycles. The van der Waals surface area contributed by atoms with Gasteiger partial charge in [-0.1, -0.05) is 81.4 Å². The Hall–Kier alpha value is -2.03. The molecule has 0 radical (unpaired) electrons. The second-order valence-corrected chi connectivity index (χ2v) is 16.7. The maximum absolute atomic E-state index is 12.4. The van der Waals surface area contributed by atoms with Gasteiger partial charge in [0.1, 0.15) is 0 Å². The Morgan fingerprint density at radius 3 is 2.10 bits per heavy atom. The van der Waals surface area contributed by atoms with E-state index in [9.17, 15) is 4.79 Å². The highest BCUT2D eigenvalue weighted by atomic mass is 28.4. The number of hydrogen-bond acceptors (Lipinski definition) is 6. The van der Waals surface area contributed by atoms with Crippen LogP contribution >= 0.6 is 0 Å². The minimum atomic E-state index is -2.77. The van der Waals surface area contributed by atoms with Crippen molar-refractivity contribution in [3.05, 3.63) is 60.7 Å². The third-order valence-electron chi connectivity index (χ3n) is 7.91. The van der Waals surface area contributed by atoms with Gasteiger partial charge in [0.15, 0.2) is 5.79 Å². The van der Waals surface area contributed by atoms with Crippen LogP contribution in [0.3, 0.4) is 0 Å². The highest BCUT2D eigenvalue weighted by Gasteiger charge is 2.53. The summed E-state index contributed by atoms with van der Waals surface area (Å²) in [5.74, 6) is -0.836. The van der Waals surface area contributed by atoms with Crippen LogP contribution in [0.15, 0.2) is 60.7 Å². The first-order valence-corrected chi connectivity index (χ1v) is 16.3. The molecule has 3 atom stereocenters. The Morgan fingerprint density at radius 2 is 1.59 bits per heavy atom. The Labute approximate surface area is 235 Å². The predicted octanol–water partition coefficient (Wildman–Crippen LogP) is 5.37. The number of esters is 1. The van der Waals surface area contributed by atoms with E-state index in [0.29, 0.717) is 26.2 Å². The predicted molar refractivity (Wildman–Crippen MR) is 156 cm³/mol. The van der Waals surface area contributed by atoms with Crippen LogP contribution < -0.4 is 10.4 Å². The van der Waals surface area contributed by atoms with Crippen LogP contribution in [0.5, 0.6) is 0 Å². The Morgan fingerprint density at radius 1 is 0.974 bits per heavy atom. The Kier molecular flexibility index (Phi) is 9.39. The first-order chi connectivity index (χ1) is 18.5. The van der Waals surface area contributed by atoms with Crippen molar-refractivity contribution in [1.29, 1.82) is 0 Å². The summed E-state index contributed by atoms with van der Waals surface area (Å²) in [6.07, 6.45) is 3.19. The molecule has 4 rings (SSSR count). The van der Waals surface area contributed by atoms with Gasteiger partial charge in [-0.15, -0.1) is 0 Å². The van der Waals surface area contributed by atoms with Crippen molar-refractivity contribution in [2.45, 2.75) is 102 Å². The number of rotatable bonds is 10. The van der Waals surface area contributed by atoms with Crippen molar-refractivity contribution < 1.29 is 28.2 Å². The van der Waals surface area contributed by atoms with Crippen LogP contribution in [0.4, 0.5) is 0 Å². The molecular formula is C32H46O6Si. The number of benzene rings is 2. The molecule has 2 aromatic rings. The van der Waals surface area contributed by atoms with Crippen molar-refractivity contribution in [2.75, 3.05) is 19.8 Å². The van der Waals surface area contributed by atoms with Gasteiger partial charge in [-0.3, -0.25) is 4.79 Å². The fourth-order valence-corrected chi connectivity index (χ4v) is 10.9. The molecule has 0 N–H and O–H groups in total. The molecule has 7 heteroatoms. The quantitative estimate of drug-likeness (QED) is 0.291. The SMILES string of the molecule is CCOC(=O)CC1CCC[C@@](CO[Si](c2ccccc2)(c2ccccc2)C(C)(C)C)(C[C@@H]2COC(C)(C)O2)O1. The monoisotopic (exact) mass is 554 g/mol. The third kappa shape index (κ3) is 7.00. The van der Waals surface area contributed by atoms with Crippen LogP contribution in [0.1, 0.15) is 73.6 Å². The normalized spacial score (nSPS) is 25.4. The van der Waals surface area contributed by atoms with Crippen molar-refractivity contribution in [3.8, 4) is 0 Å². The summed E-state index contributed by atoms with van der Waals surface area (Å²) in [7, 11) is -2.77. The number of carbonyl (C=O) groups excluding carboxylic acids is 1. The van der Waals surface area contributed by atoms with E-state index in [2.05, 4.69) is 81.4 Å². The van der Waals surface area contributed by atoms with Gasteiger partial charge in [0, 0.05) is 6.42 Å². The highest BCUT2D eigenvalue weighted by molar-refractivity contribution is 6.99. The summed E-state index contributed by atoms with van der Waals surface area (Å²) in [6, 6.07) is 21.3. The van der Waals surface area contributed by atoms with E-state index in [4.69, 9.17) is 23.4 Å². The van der Waals surface area contributed by atoms with Gasteiger partial charge in [0.25, 0.3) is 8.32 Å². The van der Waals surface area contributed by atoms with Crippen LogP contribution in [-0.2, 0) is 28.2 Å². The largest absolute Gasteiger partial charge is 0.466 e. The summed E-state index contributed by atoms with van der Waals surface area (Å²) in [5, 5.41) is 2.32. The summed E-state index contributed by atoms with van der Waals surface area (Å²) in [5.41, 5.74) is -0.600. The molecule has 0 aromatic heterocycles. The van der Waals surface area contributed by atoms with Gasteiger partial charge in [-0.05, 0) is 55.4 Å². The molecular weight excluding hydrogens is 508 g/mol. The Bertz CT molecular complexity index is 1030. The highest BCUT2D eigenvalue weighted by Crippen LogP contribution is 2.41. The molecule has 2 fully saturated rings. The molecule has 1 unspecified atom stereocenters. The number of hydrogen-bond donors (Lipinski definition) is 0. The van der Waals surface area contributed by atoms with E-state index in [1.807, 2.05) is 20.8 Å². The van der Waals surface area contributed by atoms with Gasteiger partial charge < -0.3 is 23.4 Å². The van der Waals surface area contributed by atoms with Gasteiger partial charge in [0.05, 0.1) is 44.1 Å². The average molecular weight is 555 g/mol. The summed E-state index contributed by atoms with van der Waals surface area (Å²) in [4.78, 5) is 12.4. The molecule has 0 amide bonds. The zero-order chi connectivity index (χ0) is 28.2. The smallest absolute Gasteiger partial charge is 0.308 e. The zero-order valence-corrected chi connectivity index (χ0v) is 25.5. The molecule has 2 heterocycles. The van der Waals surface area contributed by atoms with Crippen LogP contribution in [-0.4, -0.2) is 57.7 Å². The lowest BCUT2D eigenvalue weighted by molar-refractivity contribution is -0.184.